The number of aromatic nitrogens is 3. The normalized spacial score (nSPS) is 11.8. The largest absolute Gasteiger partial charge is 0.496 e. The predicted molar refractivity (Wildman–Crippen MR) is 175 cm³/mol. The van der Waals surface area contributed by atoms with Gasteiger partial charge in [-0.15, -0.1) is 0 Å². The number of para-hydroxylation sites is 2. The van der Waals surface area contributed by atoms with Gasteiger partial charge in [-0.3, -0.25) is 4.79 Å². The van der Waals surface area contributed by atoms with Gasteiger partial charge < -0.3 is 9.30 Å². The molecule has 0 spiro atoms. The van der Waals surface area contributed by atoms with E-state index < -0.39 is 0 Å². The third-order valence-corrected chi connectivity index (χ3v) is 8.12. The van der Waals surface area contributed by atoms with E-state index in [1.54, 1.807) is 19.4 Å². The summed E-state index contributed by atoms with van der Waals surface area (Å²) in [6.07, 6.45) is 3.86. The molecule has 0 N–H and O–H groups in total. The first-order chi connectivity index (χ1) is 20.3. The van der Waals surface area contributed by atoms with Crippen molar-refractivity contribution in [3.8, 4) is 17.1 Å². The van der Waals surface area contributed by atoms with Crippen LogP contribution in [0.4, 0.5) is 0 Å². The molecule has 0 unspecified atom stereocenters. The Kier molecular flexibility index (Phi) is 7.52. The molecular weight excluding hydrogens is 588 g/mol. The van der Waals surface area contributed by atoms with Crippen molar-refractivity contribution < 1.29 is 4.74 Å². The number of hydrogen-bond donors (Lipinski definition) is 0. The topological polar surface area (TPSA) is 61.4 Å². The lowest BCUT2D eigenvalue weighted by Crippen LogP contribution is -2.20. The fraction of sp³-hybridized carbons (Fsp3) is 0.171. The molecule has 0 amide bonds. The highest BCUT2D eigenvalue weighted by Crippen LogP contribution is 2.34. The van der Waals surface area contributed by atoms with E-state index in [0.717, 1.165) is 43.4 Å². The Morgan fingerprint density at radius 3 is 2.43 bits per heavy atom. The van der Waals surface area contributed by atoms with Gasteiger partial charge in [0.1, 0.15) is 5.75 Å². The maximum atomic E-state index is 13.9. The first kappa shape index (κ1) is 27.7. The van der Waals surface area contributed by atoms with Gasteiger partial charge in [-0.05, 0) is 72.0 Å². The van der Waals surface area contributed by atoms with Crippen molar-refractivity contribution >= 4 is 44.0 Å². The number of methoxy groups -OCH3 is 1. The Labute approximate surface area is 253 Å². The molecule has 0 radical (unpaired) electrons. The summed E-state index contributed by atoms with van der Waals surface area (Å²) in [4.78, 5) is 18.9. The third-order valence-electron chi connectivity index (χ3n) is 7.59. The lowest BCUT2D eigenvalue weighted by Gasteiger charge is -2.17. The van der Waals surface area contributed by atoms with Crippen molar-refractivity contribution in [3.05, 3.63) is 128 Å². The van der Waals surface area contributed by atoms with Crippen molar-refractivity contribution in [2.45, 2.75) is 33.2 Å². The van der Waals surface area contributed by atoms with Crippen LogP contribution in [0.2, 0.25) is 0 Å². The molecule has 0 aliphatic heterocycles. The second-order valence-electron chi connectivity index (χ2n) is 10.7. The standard InChI is InChI=1S/C35H31BrN4O2/c1-22(2)29-18-30(23(3)17-33(29)42-4)34-38-31-11-7-5-10-28(31)35(41)40(34)37-19-25-21-39(32-12-8-6-9-27(25)32)20-24-13-15-26(36)16-14-24/h5-19,21-22H,20H2,1-4H3. The van der Waals surface area contributed by atoms with E-state index in [1.165, 1.54) is 10.2 Å². The first-order valence-electron chi connectivity index (χ1n) is 13.9. The number of rotatable bonds is 7. The summed E-state index contributed by atoms with van der Waals surface area (Å²) in [5.74, 6) is 1.54. The minimum absolute atomic E-state index is 0.216. The van der Waals surface area contributed by atoms with Crippen LogP contribution in [-0.2, 0) is 6.54 Å². The highest BCUT2D eigenvalue weighted by Gasteiger charge is 2.18. The molecule has 4 aromatic carbocycles. The number of halogens is 1. The average Bonchev–Trinajstić information content (AvgIpc) is 3.34. The van der Waals surface area contributed by atoms with Crippen LogP contribution < -0.4 is 10.3 Å². The predicted octanol–water partition coefficient (Wildman–Crippen LogP) is 8.15. The lowest BCUT2D eigenvalue weighted by atomic mass is 9.96. The van der Waals surface area contributed by atoms with E-state index in [2.05, 4.69) is 83.0 Å². The van der Waals surface area contributed by atoms with Crippen LogP contribution in [0, 0.1) is 6.92 Å². The van der Waals surface area contributed by atoms with Crippen molar-refractivity contribution in [2.75, 3.05) is 7.11 Å². The molecule has 0 aliphatic carbocycles. The highest BCUT2D eigenvalue weighted by molar-refractivity contribution is 9.10. The van der Waals surface area contributed by atoms with E-state index in [-0.39, 0.29) is 11.5 Å². The van der Waals surface area contributed by atoms with Gasteiger partial charge in [0.05, 0.1) is 24.2 Å². The number of hydrogen-bond acceptors (Lipinski definition) is 4. The van der Waals surface area contributed by atoms with Gasteiger partial charge >= 0.3 is 0 Å². The number of ether oxygens (including phenoxy) is 1. The highest BCUT2D eigenvalue weighted by atomic mass is 79.9. The minimum atomic E-state index is -0.216. The zero-order chi connectivity index (χ0) is 29.4. The molecular formula is C35H31BrN4O2. The van der Waals surface area contributed by atoms with Gasteiger partial charge in [-0.1, -0.05) is 72.2 Å². The molecule has 0 fully saturated rings. The summed E-state index contributed by atoms with van der Waals surface area (Å²) in [5.41, 5.74) is 6.47. The van der Waals surface area contributed by atoms with Gasteiger partial charge in [0.2, 0.25) is 0 Å². The molecule has 7 heteroatoms. The van der Waals surface area contributed by atoms with Gasteiger partial charge in [-0.2, -0.15) is 9.78 Å². The number of nitrogens with zero attached hydrogens (tertiary/aromatic N) is 4. The van der Waals surface area contributed by atoms with Crippen molar-refractivity contribution in [3.63, 3.8) is 0 Å². The Balaban J connectivity index is 1.52. The van der Waals surface area contributed by atoms with Crippen LogP contribution in [0.5, 0.6) is 5.75 Å². The van der Waals surface area contributed by atoms with E-state index in [4.69, 9.17) is 14.8 Å². The number of fused-ring (bicyclic) bond motifs is 2. The Hall–Kier alpha value is -4.49. The molecule has 6 rings (SSSR count). The summed E-state index contributed by atoms with van der Waals surface area (Å²) in [5, 5.41) is 6.39. The van der Waals surface area contributed by atoms with Crippen LogP contribution in [0.3, 0.4) is 0 Å². The molecule has 0 atom stereocenters. The smallest absolute Gasteiger partial charge is 0.282 e. The average molecular weight is 620 g/mol. The fourth-order valence-electron chi connectivity index (χ4n) is 5.39. The summed E-state index contributed by atoms with van der Waals surface area (Å²) in [7, 11) is 1.68. The minimum Gasteiger partial charge on any atom is -0.496 e. The van der Waals surface area contributed by atoms with E-state index >= 15 is 0 Å². The van der Waals surface area contributed by atoms with Crippen LogP contribution in [0.1, 0.15) is 42.0 Å². The summed E-state index contributed by atoms with van der Waals surface area (Å²) in [6, 6.07) is 28.1. The molecule has 210 valence electrons. The van der Waals surface area contributed by atoms with Crippen molar-refractivity contribution in [1.82, 2.24) is 14.2 Å². The van der Waals surface area contributed by atoms with Crippen LogP contribution in [0.15, 0.2) is 105 Å². The van der Waals surface area contributed by atoms with Gasteiger partial charge in [0.15, 0.2) is 5.82 Å². The summed E-state index contributed by atoms with van der Waals surface area (Å²) >= 11 is 3.52. The molecule has 0 bridgehead atoms. The molecule has 6 aromatic rings. The van der Waals surface area contributed by atoms with E-state index in [1.807, 2.05) is 43.3 Å². The molecule has 42 heavy (non-hydrogen) atoms. The molecule has 6 nitrogen and oxygen atoms in total. The maximum Gasteiger partial charge on any atom is 0.282 e. The quantitative estimate of drug-likeness (QED) is 0.170. The van der Waals surface area contributed by atoms with Gasteiger partial charge in [0.25, 0.3) is 5.56 Å². The van der Waals surface area contributed by atoms with Crippen molar-refractivity contribution in [2.24, 2.45) is 5.10 Å². The molecule has 2 heterocycles. The van der Waals surface area contributed by atoms with Crippen LogP contribution in [-0.4, -0.2) is 27.6 Å². The zero-order valence-electron chi connectivity index (χ0n) is 24.0. The fourth-order valence-corrected chi connectivity index (χ4v) is 5.65. The van der Waals surface area contributed by atoms with Gasteiger partial charge in [-0.25, -0.2) is 4.98 Å². The number of aryl methyl sites for hydroxylation is 1. The second kappa shape index (κ2) is 11.4. The zero-order valence-corrected chi connectivity index (χ0v) is 25.6. The SMILES string of the molecule is COc1cc(C)c(-c2nc3ccccc3c(=O)n2N=Cc2cn(Cc3ccc(Br)cc3)c3ccccc23)cc1C(C)C. The molecule has 0 saturated heterocycles. The Morgan fingerprint density at radius 1 is 0.976 bits per heavy atom. The first-order valence-corrected chi connectivity index (χ1v) is 14.7. The summed E-state index contributed by atoms with van der Waals surface area (Å²) in [6.45, 7) is 6.97. The third kappa shape index (κ3) is 5.16. The van der Waals surface area contributed by atoms with Crippen LogP contribution in [0.25, 0.3) is 33.2 Å². The van der Waals surface area contributed by atoms with Crippen molar-refractivity contribution in [1.29, 1.82) is 0 Å². The Bertz CT molecular complexity index is 2020. The van der Waals surface area contributed by atoms with Crippen LogP contribution >= 0.6 is 15.9 Å². The summed E-state index contributed by atoms with van der Waals surface area (Å²) < 4.78 is 10.4. The number of benzene rings is 4. The van der Waals surface area contributed by atoms with E-state index in [0.29, 0.717) is 23.3 Å². The second-order valence-corrected chi connectivity index (χ2v) is 11.6. The van der Waals surface area contributed by atoms with E-state index in [9.17, 15) is 4.79 Å². The monoisotopic (exact) mass is 618 g/mol. The Morgan fingerprint density at radius 2 is 1.69 bits per heavy atom. The molecule has 2 aromatic heterocycles. The van der Waals surface area contributed by atoms with Gasteiger partial charge in [0, 0.05) is 39.2 Å². The molecule has 0 saturated carbocycles. The molecule has 0 aliphatic rings. The maximum absolute atomic E-state index is 13.9. The lowest BCUT2D eigenvalue weighted by molar-refractivity contribution is 0.407.